The molecule has 0 amide bonds. The summed E-state index contributed by atoms with van der Waals surface area (Å²) in [7, 11) is 1.88. The predicted octanol–water partition coefficient (Wildman–Crippen LogP) is 3.42. The average molecular weight is 382 g/mol. The summed E-state index contributed by atoms with van der Waals surface area (Å²) in [4.78, 5) is 21.5. The minimum Gasteiger partial charge on any atom is -0.462 e. The van der Waals surface area contributed by atoms with Crippen LogP contribution in [-0.4, -0.2) is 36.7 Å². The number of anilines is 2. The number of rotatable bonds is 5. The quantitative estimate of drug-likeness (QED) is 0.532. The molecule has 4 rings (SSSR count). The van der Waals surface area contributed by atoms with E-state index in [-0.39, 0.29) is 5.97 Å². The molecule has 4 aromatic heterocycles. The van der Waals surface area contributed by atoms with Crippen LogP contribution >= 0.6 is 11.3 Å². The maximum absolute atomic E-state index is 12.0. The number of aromatic nitrogens is 5. The van der Waals surface area contributed by atoms with Gasteiger partial charge in [0, 0.05) is 31.2 Å². The van der Waals surface area contributed by atoms with Crippen LogP contribution in [0.5, 0.6) is 0 Å². The van der Waals surface area contributed by atoms with Crippen LogP contribution in [0.2, 0.25) is 0 Å². The molecule has 0 atom stereocenters. The molecule has 0 bridgehead atoms. The molecule has 0 aliphatic rings. The van der Waals surface area contributed by atoms with Crippen LogP contribution in [0.3, 0.4) is 0 Å². The number of carbonyl (C=O) groups is 1. The van der Waals surface area contributed by atoms with Crippen LogP contribution in [0.25, 0.3) is 16.9 Å². The molecule has 27 heavy (non-hydrogen) atoms. The number of nitrogens with zero attached hydrogens (tertiary/aromatic N) is 5. The molecule has 0 aliphatic heterocycles. The molecule has 9 heteroatoms. The van der Waals surface area contributed by atoms with Crippen molar-refractivity contribution in [2.24, 2.45) is 7.05 Å². The van der Waals surface area contributed by atoms with E-state index in [0.717, 1.165) is 21.8 Å². The highest BCUT2D eigenvalue weighted by Crippen LogP contribution is 2.31. The lowest BCUT2D eigenvalue weighted by Gasteiger charge is -2.05. The van der Waals surface area contributed by atoms with Gasteiger partial charge in [0.25, 0.3) is 0 Å². The van der Waals surface area contributed by atoms with Crippen LogP contribution in [0.1, 0.15) is 22.2 Å². The monoisotopic (exact) mass is 382 g/mol. The highest BCUT2D eigenvalue weighted by molar-refractivity contribution is 7.18. The highest BCUT2D eigenvalue weighted by Gasteiger charge is 2.17. The van der Waals surface area contributed by atoms with E-state index in [2.05, 4.69) is 20.4 Å². The molecule has 0 aliphatic carbocycles. The number of aryl methyl sites for hydroxylation is 2. The number of hydrogen-bond acceptors (Lipinski definition) is 7. The van der Waals surface area contributed by atoms with E-state index in [1.165, 1.54) is 11.3 Å². The lowest BCUT2D eigenvalue weighted by Crippen LogP contribution is -2.03. The molecule has 1 N–H and O–H groups in total. The van der Waals surface area contributed by atoms with Gasteiger partial charge in [0.05, 0.1) is 29.7 Å². The fourth-order valence-corrected chi connectivity index (χ4v) is 3.80. The van der Waals surface area contributed by atoms with E-state index in [4.69, 9.17) is 4.74 Å². The second-order valence-corrected chi connectivity index (χ2v) is 7.04. The Bertz CT molecular complexity index is 1130. The largest absolute Gasteiger partial charge is 0.462 e. The minimum atomic E-state index is -0.307. The summed E-state index contributed by atoms with van der Waals surface area (Å²) in [6.45, 7) is 4.03. The van der Waals surface area contributed by atoms with Crippen molar-refractivity contribution in [3.63, 3.8) is 0 Å². The van der Waals surface area contributed by atoms with Gasteiger partial charge < -0.3 is 10.1 Å². The van der Waals surface area contributed by atoms with Crippen molar-refractivity contribution >= 4 is 33.8 Å². The molecule has 0 saturated heterocycles. The van der Waals surface area contributed by atoms with E-state index >= 15 is 0 Å². The molecule has 0 unspecified atom stereocenters. The maximum atomic E-state index is 12.0. The Morgan fingerprint density at radius 2 is 2.19 bits per heavy atom. The van der Waals surface area contributed by atoms with Gasteiger partial charge in [-0.3, -0.25) is 9.08 Å². The molecule has 0 aromatic carbocycles. The van der Waals surface area contributed by atoms with Crippen molar-refractivity contribution in [2.75, 3.05) is 11.9 Å². The second kappa shape index (κ2) is 6.84. The Balaban J connectivity index is 1.68. The van der Waals surface area contributed by atoms with Gasteiger partial charge in [0.1, 0.15) is 4.88 Å². The third-order valence-corrected chi connectivity index (χ3v) is 5.18. The fourth-order valence-electron chi connectivity index (χ4n) is 2.83. The number of hydrogen-bond donors (Lipinski definition) is 1. The van der Waals surface area contributed by atoms with Crippen molar-refractivity contribution < 1.29 is 9.53 Å². The summed E-state index contributed by atoms with van der Waals surface area (Å²) in [5.74, 6) is 0.309. The molecule has 0 saturated carbocycles. The summed E-state index contributed by atoms with van der Waals surface area (Å²) in [6.07, 6.45) is 9.10. The Morgan fingerprint density at radius 1 is 1.33 bits per heavy atom. The first-order chi connectivity index (χ1) is 13.1. The van der Waals surface area contributed by atoms with E-state index in [0.29, 0.717) is 22.9 Å². The molecule has 0 spiro atoms. The third-order valence-electron chi connectivity index (χ3n) is 4.05. The summed E-state index contributed by atoms with van der Waals surface area (Å²) < 4.78 is 8.81. The average Bonchev–Trinajstić information content (AvgIpc) is 3.34. The summed E-state index contributed by atoms with van der Waals surface area (Å²) in [5, 5.41) is 8.29. The van der Waals surface area contributed by atoms with Crippen LogP contribution in [-0.2, 0) is 11.8 Å². The van der Waals surface area contributed by atoms with Crippen molar-refractivity contribution in [2.45, 2.75) is 13.8 Å². The standard InChI is InChI=1S/C18H18N6O2S/c1-4-26-18(25)15-11(2)7-14(27-15)22-16-17-20-9-13(24(17)6-5-19-16)12-8-21-23(3)10-12/h5-10H,4H2,1-3H3,(H,19,22). The van der Waals surface area contributed by atoms with Gasteiger partial charge in [-0.1, -0.05) is 0 Å². The van der Waals surface area contributed by atoms with Crippen LogP contribution in [0.4, 0.5) is 10.8 Å². The molecule has 8 nitrogen and oxygen atoms in total. The Morgan fingerprint density at radius 3 is 2.93 bits per heavy atom. The molecule has 138 valence electrons. The fraction of sp³-hybridized carbons (Fsp3) is 0.222. The van der Waals surface area contributed by atoms with Gasteiger partial charge in [0.15, 0.2) is 11.5 Å². The van der Waals surface area contributed by atoms with Crippen LogP contribution in [0.15, 0.2) is 37.1 Å². The summed E-state index contributed by atoms with van der Waals surface area (Å²) >= 11 is 1.34. The number of ether oxygens (including phenoxy) is 1. The molecule has 0 radical (unpaired) electrons. The second-order valence-electron chi connectivity index (χ2n) is 5.98. The van der Waals surface area contributed by atoms with Crippen molar-refractivity contribution in [1.29, 1.82) is 0 Å². The van der Waals surface area contributed by atoms with Gasteiger partial charge >= 0.3 is 5.97 Å². The van der Waals surface area contributed by atoms with Crippen molar-refractivity contribution in [3.8, 4) is 11.3 Å². The lowest BCUT2D eigenvalue weighted by molar-refractivity contribution is 0.0531. The van der Waals surface area contributed by atoms with Gasteiger partial charge in [-0.05, 0) is 25.5 Å². The molecule has 0 fully saturated rings. The van der Waals surface area contributed by atoms with Gasteiger partial charge in [0.2, 0.25) is 0 Å². The van der Waals surface area contributed by atoms with Crippen molar-refractivity contribution in [3.05, 3.63) is 47.5 Å². The van der Waals surface area contributed by atoms with Gasteiger partial charge in [-0.2, -0.15) is 5.10 Å². The van der Waals surface area contributed by atoms with Crippen molar-refractivity contribution in [1.82, 2.24) is 24.1 Å². The number of carbonyl (C=O) groups excluding carboxylic acids is 1. The predicted molar refractivity (Wildman–Crippen MR) is 103 cm³/mol. The van der Waals surface area contributed by atoms with E-state index in [9.17, 15) is 4.79 Å². The number of esters is 1. The van der Waals surface area contributed by atoms with E-state index in [1.807, 2.05) is 36.8 Å². The first-order valence-corrected chi connectivity index (χ1v) is 9.24. The maximum Gasteiger partial charge on any atom is 0.348 e. The molecular formula is C18H18N6O2S. The Kier molecular flexibility index (Phi) is 4.36. The Labute approximate surface area is 159 Å². The smallest absolute Gasteiger partial charge is 0.348 e. The number of nitrogens with one attached hydrogen (secondary N) is 1. The summed E-state index contributed by atoms with van der Waals surface area (Å²) in [6, 6.07) is 1.91. The van der Waals surface area contributed by atoms with E-state index < -0.39 is 0 Å². The first kappa shape index (κ1) is 17.2. The SMILES string of the molecule is CCOC(=O)c1sc(Nc2nccn3c(-c4cnn(C)c4)cnc23)cc1C. The third kappa shape index (κ3) is 3.17. The zero-order chi connectivity index (χ0) is 19.0. The van der Waals surface area contributed by atoms with E-state index in [1.54, 1.807) is 30.2 Å². The Hall–Kier alpha value is -3.20. The first-order valence-electron chi connectivity index (χ1n) is 8.42. The normalized spacial score (nSPS) is 11.1. The molecule has 4 heterocycles. The molecular weight excluding hydrogens is 364 g/mol. The van der Waals surface area contributed by atoms with Gasteiger partial charge in [-0.15, -0.1) is 11.3 Å². The minimum absolute atomic E-state index is 0.307. The number of imidazole rings is 1. The van der Waals surface area contributed by atoms with Crippen LogP contribution < -0.4 is 5.32 Å². The lowest BCUT2D eigenvalue weighted by atomic mass is 10.3. The topological polar surface area (TPSA) is 86.3 Å². The highest BCUT2D eigenvalue weighted by atomic mass is 32.1. The van der Waals surface area contributed by atoms with Gasteiger partial charge in [-0.25, -0.2) is 14.8 Å². The number of fused-ring (bicyclic) bond motifs is 1. The zero-order valence-electron chi connectivity index (χ0n) is 15.1. The zero-order valence-corrected chi connectivity index (χ0v) is 15.9. The summed E-state index contributed by atoms with van der Waals surface area (Å²) in [5.41, 5.74) is 3.46. The molecule has 4 aromatic rings. The van der Waals surface area contributed by atoms with Crippen LogP contribution in [0, 0.1) is 6.92 Å². The number of thiophene rings is 1.